The largest absolute Gasteiger partial charge is 0.321 e. The molecule has 3 heteroatoms. The number of benzene rings is 1. The van der Waals surface area contributed by atoms with Gasteiger partial charge in [0.1, 0.15) is 0 Å². The van der Waals surface area contributed by atoms with Crippen LogP contribution in [0.3, 0.4) is 0 Å². The van der Waals surface area contributed by atoms with Crippen molar-refractivity contribution in [1.82, 2.24) is 0 Å². The standard InChI is InChI=1S/C13H12ClNO/c1-8(2)3-5-11-10-6-4-9(14)7-12(10)15-13(11)16/h4-7H,1,3H2,2H3,(H,15,16)/b11-5+. The first kappa shape index (κ1) is 11.0. The van der Waals surface area contributed by atoms with Gasteiger partial charge in [0.05, 0.1) is 5.69 Å². The fraction of sp³-hybridized carbons (Fsp3) is 0.154. The monoisotopic (exact) mass is 233 g/mol. The maximum Gasteiger partial charge on any atom is 0.256 e. The number of fused-ring (bicyclic) bond motifs is 1. The average molecular weight is 234 g/mol. The van der Waals surface area contributed by atoms with E-state index in [4.69, 9.17) is 11.6 Å². The van der Waals surface area contributed by atoms with Crippen LogP contribution in [0.5, 0.6) is 0 Å². The summed E-state index contributed by atoms with van der Waals surface area (Å²) in [6, 6.07) is 5.41. The molecule has 1 amide bonds. The lowest BCUT2D eigenvalue weighted by Gasteiger charge is -1.98. The molecule has 0 aliphatic carbocycles. The molecule has 0 saturated carbocycles. The van der Waals surface area contributed by atoms with Crippen molar-refractivity contribution in [3.05, 3.63) is 47.0 Å². The summed E-state index contributed by atoms with van der Waals surface area (Å²) in [5.74, 6) is -0.0708. The van der Waals surface area contributed by atoms with E-state index in [9.17, 15) is 4.79 Å². The number of rotatable bonds is 2. The molecule has 0 atom stereocenters. The van der Waals surface area contributed by atoms with Crippen molar-refractivity contribution >= 4 is 28.8 Å². The van der Waals surface area contributed by atoms with E-state index in [0.717, 1.165) is 16.8 Å². The molecule has 1 N–H and O–H groups in total. The van der Waals surface area contributed by atoms with Crippen molar-refractivity contribution in [3.63, 3.8) is 0 Å². The minimum absolute atomic E-state index is 0.0708. The predicted octanol–water partition coefficient (Wildman–Crippen LogP) is 3.64. The fourth-order valence-electron chi connectivity index (χ4n) is 1.65. The molecule has 1 heterocycles. The van der Waals surface area contributed by atoms with Gasteiger partial charge in [-0.15, -0.1) is 0 Å². The summed E-state index contributed by atoms with van der Waals surface area (Å²) in [5.41, 5.74) is 3.43. The second-order valence-corrected chi connectivity index (χ2v) is 4.36. The van der Waals surface area contributed by atoms with Gasteiger partial charge in [-0.1, -0.05) is 35.9 Å². The molecule has 0 radical (unpaired) electrons. The highest BCUT2D eigenvalue weighted by Crippen LogP contribution is 2.34. The Balaban J connectivity index is 2.40. The van der Waals surface area contributed by atoms with Crippen molar-refractivity contribution in [3.8, 4) is 0 Å². The number of carbonyl (C=O) groups excluding carboxylic acids is 1. The number of hydrogen-bond acceptors (Lipinski definition) is 1. The first-order valence-corrected chi connectivity index (χ1v) is 5.41. The van der Waals surface area contributed by atoms with Gasteiger partial charge in [-0.2, -0.15) is 0 Å². The lowest BCUT2D eigenvalue weighted by Crippen LogP contribution is -2.03. The van der Waals surface area contributed by atoms with Crippen molar-refractivity contribution in [2.45, 2.75) is 13.3 Å². The van der Waals surface area contributed by atoms with Crippen molar-refractivity contribution in [2.75, 3.05) is 5.32 Å². The van der Waals surface area contributed by atoms with Crippen LogP contribution in [0.4, 0.5) is 5.69 Å². The Morgan fingerprint density at radius 3 is 3.00 bits per heavy atom. The zero-order valence-corrected chi connectivity index (χ0v) is 9.77. The molecule has 0 bridgehead atoms. The van der Waals surface area contributed by atoms with Gasteiger partial charge in [0.15, 0.2) is 0 Å². The van der Waals surface area contributed by atoms with E-state index in [0.29, 0.717) is 17.0 Å². The van der Waals surface area contributed by atoms with Gasteiger partial charge in [0.2, 0.25) is 0 Å². The van der Waals surface area contributed by atoms with Crippen molar-refractivity contribution < 1.29 is 4.79 Å². The molecule has 2 nitrogen and oxygen atoms in total. The first-order valence-electron chi connectivity index (χ1n) is 5.04. The number of nitrogens with one attached hydrogen (secondary N) is 1. The number of amides is 1. The summed E-state index contributed by atoms with van der Waals surface area (Å²) in [6.45, 7) is 5.75. The highest BCUT2D eigenvalue weighted by atomic mass is 35.5. The van der Waals surface area contributed by atoms with E-state index < -0.39 is 0 Å². The summed E-state index contributed by atoms with van der Waals surface area (Å²) < 4.78 is 0. The van der Waals surface area contributed by atoms with Gasteiger partial charge >= 0.3 is 0 Å². The quantitative estimate of drug-likeness (QED) is 0.613. The SMILES string of the molecule is C=C(C)C/C=C1/C(=O)Nc2cc(Cl)ccc21. The molecule has 1 aliphatic rings. The maximum atomic E-state index is 11.7. The molecule has 0 unspecified atom stereocenters. The molecule has 82 valence electrons. The van der Waals surface area contributed by atoms with Crippen molar-refractivity contribution in [2.24, 2.45) is 0 Å². The molecule has 16 heavy (non-hydrogen) atoms. The number of carbonyl (C=O) groups is 1. The summed E-state index contributed by atoms with van der Waals surface area (Å²) in [4.78, 5) is 11.7. The summed E-state index contributed by atoms with van der Waals surface area (Å²) in [7, 11) is 0. The third-order valence-electron chi connectivity index (χ3n) is 2.42. The molecule has 1 aromatic carbocycles. The van der Waals surface area contributed by atoms with Crippen LogP contribution in [-0.2, 0) is 4.79 Å². The van der Waals surface area contributed by atoms with E-state index >= 15 is 0 Å². The normalized spacial score (nSPS) is 16.1. The molecule has 1 aliphatic heterocycles. The number of allylic oxidation sites excluding steroid dienone is 2. The topological polar surface area (TPSA) is 29.1 Å². The Labute approximate surface area is 99.6 Å². The number of hydrogen-bond donors (Lipinski definition) is 1. The smallest absolute Gasteiger partial charge is 0.256 e. The van der Waals surface area contributed by atoms with Gasteiger partial charge in [-0.3, -0.25) is 4.79 Å². The van der Waals surface area contributed by atoms with Crippen LogP contribution in [0.15, 0.2) is 36.4 Å². The first-order chi connectivity index (χ1) is 7.58. The van der Waals surface area contributed by atoms with Gasteiger partial charge in [0, 0.05) is 16.2 Å². The van der Waals surface area contributed by atoms with Crippen LogP contribution in [0.25, 0.3) is 5.57 Å². The second-order valence-electron chi connectivity index (χ2n) is 3.92. The zero-order chi connectivity index (χ0) is 11.7. The zero-order valence-electron chi connectivity index (χ0n) is 9.01. The summed E-state index contributed by atoms with van der Waals surface area (Å²) in [5, 5.41) is 3.42. The molecule has 0 aromatic heterocycles. The van der Waals surface area contributed by atoms with E-state index in [-0.39, 0.29) is 5.91 Å². The van der Waals surface area contributed by atoms with Crippen LogP contribution in [-0.4, -0.2) is 5.91 Å². The van der Waals surface area contributed by atoms with E-state index in [1.165, 1.54) is 0 Å². The Morgan fingerprint density at radius 1 is 1.56 bits per heavy atom. The molecule has 0 fully saturated rings. The van der Waals surface area contributed by atoms with E-state index in [1.54, 1.807) is 12.1 Å². The van der Waals surface area contributed by atoms with Gasteiger partial charge < -0.3 is 5.32 Å². The van der Waals surface area contributed by atoms with Crippen LogP contribution >= 0.6 is 11.6 Å². The Hall–Kier alpha value is -1.54. The van der Waals surface area contributed by atoms with Crippen LogP contribution < -0.4 is 5.32 Å². The van der Waals surface area contributed by atoms with Crippen LogP contribution in [0.1, 0.15) is 18.9 Å². The van der Waals surface area contributed by atoms with Gasteiger partial charge in [-0.25, -0.2) is 0 Å². The van der Waals surface area contributed by atoms with Crippen LogP contribution in [0, 0.1) is 0 Å². The Morgan fingerprint density at radius 2 is 2.31 bits per heavy atom. The summed E-state index contributed by atoms with van der Waals surface area (Å²) in [6.07, 6.45) is 2.61. The lowest BCUT2D eigenvalue weighted by atomic mass is 10.0. The van der Waals surface area contributed by atoms with E-state index in [2.05, 4.69) is 11.9 Å². The molecule has 0 saturated heterocycles. The number of halogens is 1. The fourth-order valence-corrected chi connectivity index (χ4v) is 1.82. The van der Waals surface area contributed by atoms with Crippen LogP contribution in [0.2, 0.25) is 5.02 Å². The average Bonchev–Trinajstić information content (AvgIpc) is 2.50. The third-order valence-corrected chi connectivity index (χ3v) is 2.65. The molecule has 0 spiro atoms. The predicted molar refractivity (Wildman–Crippen MR) is 67.5 cm³/mol. The Kier molecular flexibility index (Phi) is 2.84. The maximum absolute atomic E-state index is 11.7. The minimum atomic E-state index is -0.0708. The highest BCUT2D eigenvalue weighted by molar-refractivity contribution is 6.34. The third kappa shape index (κ3) is 2.02. The molecular weight excluding hydrogens is 222 g/mol. The summed E-state index contributed by atoms with van der Waals surface area (Å²) >= 11 is 5.86. The molecule has 2 rings (SSSR count). The van der Waals surface area contributed by atoms with Gasteiger partial charge in [0.25, 0.3) is 5.91 Å². The lowest BCUT2D eigenvalue weighted by molar-refractivity contribution is -0.110. The number of anilines is 1. The van der Waals surface area contributed by atoms with Crippen molar-refractivity contribution in [1.29, 1.82) is 0 Å². The van der Waals surface area contributed by atoms with Gasteiger partial charge in [-0.05, 0) is 25.5 Å². The Bertz CT molecular complexity index is 503. The van der Waals surface area contributed by atoms with E-state index in [1.807, 2.05) is 19.1 Å². The molecular formula is C13H12ClNO. The highest BCUT2D eigenvalue weighted by Gasteiger charge is 2.23. The minimum Gasteiger partial charge on any atom is -0.321 e. The second kappa shape index (κ2) is 4.14. The molecule has 1 aromatic rings.